The van der Waals surface area contributed by atoms with Crippen LogP contribution in [0.2, 0.25) is 0 Å². The van der Waals surface area contributed by atoms with Crippen LogP contribution in [0, 0.1) is 13.8 Å². The summed E-state index contributed by atoms with van der Waals surface area (Å²) in [6.07, 6.45) is 0. The molecule has 2 heterocycles. The molecule has 4 rings (SSSR count). The van der Waals surface area contributed by atoms with Crippen molar-refractivity contribution >= 4 is 36.3 Å². The Bertz CT molecular complexity index is 1180. The molecule has 7 radical (unpaired) electrons. The van der Waals surface area contributed by atoms with Gasteiger partial charge < -0.3 is 0 Å². The van der Waals surface area contributed by atoms with Crippen molar-refractivity contribution in [1.29, 1.82) is 0 Å². The van der Waals surface area contributed by atoms with E-state index in [4.69, 9.17) is 24.4 Å². The van der Waals surface area contributed by atoms with Crippen molar-refractivity contribution in [3.05, 3.63) is 94.5 Å². The van der Waals surface area contributed by atoms with E-state index in [9.17, 15) is 0 Å². The second-order valence-electron chi connectivity index (χ2n) is 6.56. The number of hydrogen-bond donors (Lipinski definition) is 0. The first-order chi connectivity index (χ1) is 16.1. The molecule has 0 aliphatic rings. The Kier molecular flexibility index (Phi) is 15.0. The van der Waals surface area contributed by atoms with E-state index < -0.39 is 0 Å². The Balaban J connectivity index is 0.00000145. The van der Waals surface area contributed by atoms with E-state index in [-0.39, 0.29) is 20.4 Å². The molecule has 0 N–H and O–H groups in total. The summed E-state index contributed by atoms with van der Waals surface area (Å²) in [7, 11) is 0. The zero-order valence-corrected chi connectivity index (χ0v) is 22.7. The fraction of sp³-hybridized carbons (Fsp3) is 0.0741. The second-order valence-corrected chi connectivity index (χ2v) is 7.42. The number of benzene rings is 2. The molecule has 169 valence electrons. The van der Waals surface area contributed by atoms with Crippen molar-refractivity contribution in [3.63, 3.8) is 0 Å². The van der Waals surface area contributed by atoms with Gasteiger partial charge in [0, 0.05) is 36.0 Å². The Morgan fingerprint density at radius 2 is 1.00 bits per heavy atom. The number of rotatable bonds is 3. The summed E-state index contributed by atoms with van der Waals surface area (Å²) in [6, 6.07) is 26.8. The number of carbonyl (C=O) groups excluding carboxylic acids is 3. The second kappa shape index (κ2) is 16.5. The third kappa shape index (κ3) is 7.74. The predicted molar refractivity (Wildman–Crippen MR) is 133 cm³/mol. The van der Waals surface area contributed by atoms with E-state index in [1.54, 1.807) is 0 Å². The standard InChI is InChI=1S/C24H19BrN2.3CO.Re/c1-16-8-3-5-10-18(16)21-12-7-13-23(26-21)24-20(25)14-15-22(27-24)19-11-6-4-9-17(19)2;3*1-2;/h3-15H,1-2H3;;;;. The first-order valence-corrected chi connectivity index (χ1v) is 10.3. The van der Waals surface area contributed by atoms with Gasteiger partial charge in [-0.1, -0.05) is 54.6 Å². The molecule has 0 unspecified atom stereocenters. The molecule has 2 aromatic heterocycles. The molecule has 0 fully saturated rings. The fourth-order valence-corrected chi connectivity index (χ4v) is 3.63. The van der Waals surface area contributed by atoms with Gasteiger partial charge in [0.05, 0.1) is 17.1 Å². The van der Waals surface area contributed by atoms with Crippen LogP contribution in [-0.2, 0) is 34.8 Å². The summed E-state index contributed by atoms with van der Waals surface area (Å²) in [5.74, 6) is 0. The summed E-state index contributed by atoms with van der Waals surface area (Å²) < 4.78 is 0.939. The molecule has 2 aromatic carbocycles. The molecule has 0 bridgehead atoms. The van der Waals surface area contributed by atoms with Crippen molar-refractivity contribution < 1.29 is 34.8 Å². The maximum Gasteiger partial charge on any atom is 0.281 e. The summed E-state index contributed by atoms with van der Waals surface area (Å²) >= 11 is 3.65. The third-order valence-corrected chi connectivity index (χ3v) is 5.32. The molecule has 0 saturated heterocycles. The van der Waals surface area contributed by atoms with Gasteiger partial charge in [0.2, 0.25) is 0 Å². The predicted octanol–water partition coefficient (Wildman–Crippen LogP) is 5.66. The first kappa shape index (κ1) is 30.9. The monoisotopic (exact) mass is 685 g/mol. The van der Waals surface area contributed by atoms with Crippen LogP contribution in [0.15, 0.2) is 83.3 Å². The van der Waals surface area contributed by atoms with E-state index in [1.165, 1.54) is 11.1 Å². The molecule has 0 atom stereocenters. The number of hydrogen-bond acceptors (Lipinski definition) is 5. The Hall–Kier alpha value is -3.11. The smallest absolute Gasteiger partial charge is 0.281 e. The van der Waals surface area contributed by atoms with Crippen LogP contribution in [0.25, 0.3) is 33.9 Å². The normalized spacial score (nSPS) is 8.91. The van der Waals surface area contributed by atoms with Crippen LogP contribution in [0.1, 0.15) is 11.1 Å². The van der Waals surface area contributed by atoms with E-state index >= 15 is 0 Å². The van der Waals surface area contributed by atoms with Crippen LogP contribution in [-0.4, -0.2) is 30.3 Å². The topological polar surface area (TPSA) is 77.0 Å². The van der Waals surface area contributed by atoms with E-state index in [0.29, 0.717) is 0 Å². The number of nitrogens with zero attached hydrogens (tertiary/aromatic N) is 2. The molecule has 0 aliphatic carbocycles. The molecule has 0 aliphatic heterocycles. The summed E-state index contributed by atoms with van der Waals surface area (Å²) in [6.45, 7) is 17.7. The summed E-state index contributed by atoms with van der Waals surface area (Å²) in [5, 5.41) is 0. The van der Waals surface area contributed by atoms with Gasteiger partial charge in [0.25, 0.3) is 20.4 Å². The van der Waals surface area contributed by atoms with Gasteiger partial charge >= 0.3 is 0 Å². The molecule has 0 amide bonds. The quantitative estimate of drug-likeness (QED) is 0.278. The molecular weight excluding hydrogens is 666 g/mol. The van der Waals surface area contributed by atoms with Crippen LogP contribution in [0.3, 0.4) is 0 Å². The average Bonchev–Trinajstić information content (AvgIpc) is 2.89. The van der Waals surface area contributed by atoms with Gasteiger partial charge in [-0.2, -0.15) is 0 Å². The zero-order chi connectivity index (χ0) is 24.8. The number of aryl methyl sites for hydroxylation is 2. The maximum absolute atomic E-state index is 7.50. The van der Waals surface area contributed by atoms with Crippen molar-refractivity contribution in [1.82, 2.24) is 9.97 Å². The van der Waals surface area contributed by atoms with Gasteiger partial charge in [0.1, 0.15) is 5.69 Å². The van der Waals surface area contributed by atoms with E-state index in [1.807, 2.05) is 54.6 Å². The molecule has 34 heavy (non-hydrogen) atoms. The SMILES string of the molecule is Cc1ccccc1-c1cccc(-c2nc(-c3ccccc3C)ccc2Br)n1.[C]=O.[C]=O.[C]=O.[Re]. The van der Waals surface area contributed by atoms with Crippen LogP contribution >= 0.6 is 15.9 Å². The Labute approximate surface area is 222 Å². The van der Waals surface area contributed by atoms with Crippen molar-refractivity contribution in [2.45, 2.75) is 13.8 Å². The molecule has 5 nitrogen and oxygen atoms in total. The molecule has 7 heteroatoms. The summed E-state index contributed by atoms with van der Waals surface area (Å²) in [5.41, 5.74) is 8.33. The fourth-order valence-electron chi connectivity index (χ4n) is 3.21. The van der Waals surface area contributed by atoms with Crippen molar-refractivity contribution in [2.24, 2.45) is 0 Å². The minimum absolute atomic E-state index is 0. The van der Waals surface area contributed by atoms with Gasteiger partial charge in [-0.3, -0.25) is 14.4 Å². The molecule has 0 spiro atoms. The minimum Gasteiger partial charge on any atom is -0.281 e. The number of aromatic nitrogens is 2. The molecule has 4 aromatic rings. The number of halogens is 1. The Morgan fingerprint density at radius 1 is 0.559 bits per heavy atom. The average molecular weight is 686 g/mol. The van der Waals surface area contributed by atoms with E-state index in [2.05, 4.69) is 74.4 Å². The van der Waals surface area contributed by atoms with Crippen LogP contribution in [0.4, 0.5) is 0 Å². The first-order valence-electron chi connectivity index (χ1n) is 9.51. The Morgan fingerprint density at radius 3 is 1.50 bits per heavy atom. The van der Waals surface area contributed by atoms with E-state index in [0.717, 1.165) is 38.4 Å². The van der Waals surface area contributed by atoms with Gasteiger partial charge in [-0.05, 0) is 65.2 Å². The van der Waals surface area contributed by atoms with Gasteiger partial charge in [-0.25, -0.2) is 9.97 Å². The van der Waals surface area contributed by atoms with Crippen LogP contribution in [0.5, 0.6) is 0 Å². The molecular formula is C27H19BrN2O3Re. The van der Waals surface area contributed by atoms with Gasteiger partial charge in [-0.15, -0.1) is 0 Å². The number of pyridine rings is 2. The molecule has 0 saturated carbocycles. The minimum atomic E-state index is 0. The summed E-state index contributed by atoms with van der Waals surface area (Å²) in [4.78, 5) is 32.3. The third-order valence-electron chi connectivity index (χ3n) is 4.68. The van der Waals surface area contributed by atoms with Crippen LogP contribution < -0.4 is 0 Å². The largest absolute Gasteiger partial charge is 0.281 e. The maximum atomic E-state index is 7.50. The van der Waals surface area contributed by atoms with Crippen molar-refractivity contribution in [3.8, 4) is 33.9 Å². The van der Waals surface area contributed by atoms with Gasteiger partial charge in [0.15, 0.2) is 0 Å². The zero-order valence-electron chi connectivity index (χ0n) is 18.4. The van der Waals surface area contributed by atoms with Crippen molar-refractivity contribution in [2.75, 3.05) is 0 Å².